The van der Waals surface area contributed by atoms with Gasteiger partial charge in [0.25, 0.3) is 0 Å². The molecule has 122 valence electrons. The van der Waals surface area contributed by atoms with Crippen molar-refractivity contribution in [1.82, 2.24) is 5.32 Å². The first kappa shape index (κ1) is 16.2. The van der Waals surface area contributed by atoms with Gasteiger partial charge in [-0.3, -0.25) is 0 Å². The van der Waals surface area contributed by atoms with Crippen LogP contribution in [0.25, 0.3) is 0 Å². The van der Waals surface area contributed by atoms with E-state index in [0.717, 1.165) is 21.7 Å². The van der Waals surface area contributed by atoms with Crippen LogP contribution in [0.4, 0.5) is 14.9 Å². The highest BCUT2D eigenvalue weighted by Crippen LogP contribution is 2.26. The summed E-state index contributed by atoms with van der Waals surface area (Å²) in [5.74, 6) is -0.298. The average molecular weight is 340 g/mol. The number of halogens is 1. The molecule has 0 fully saturated rings. The van der Waals surface area contributed by atoms with Crippen molar-refractivity contribution in [2.75, 3.05) is 5.32 Å². The topological polar surface area (TPSA) is 41.1 Å². The van der Waals surface area contributed by atoms with Gasteiger partial charge < -0.3 is 10.6 Å². The average Bonchev–Trinajstić information content (AvgIpc) is 3.10. The quantitative estimate of drug-likeness (QED) is 0.681. The second-order valence-corrected chi connectivity index (χ2v) is 6.44. The molecule has 2 amide bonds. The van der Waals surface area contributed by atoms with Crippen molar-refractivity contribution in [3.05, 3.63) is 87.9 Å². The first-order valence-corrected chi connectivity index (χ1v) is 8.43. The van der Waals surface area contributed by atoms with Crippen LogP contribution in [-0.2, 0) is 0 Å². The summed E-state index contributed by atoms with van der Waals surface area (Å²) >= 11 is 1.54. The molecule has 0 spiro atoms. The molecule has 3 rings (SSSR count). The number of urea groups is 1. The van der Waals surface area contributed by atoms with E-state index in [2.05, 4.69) is 10.6 Å². The number of anilines is 1. The number of thiophene rings is 1. The molecule has 0 aliphatic heterocycles. The zero-order chi connectivity index (χ0) is 16.9. The minimum atomic E-state index is -0.323. The number of nitrogens with one attached hydrogen (secondary N) is 2. The van der Waals surface area contributed by atoms with Crippen LogP contribution in [0.2, 0.25) is 0 Å². The summed E-state index contributed by atoms with van der Waals surface area (Å²) in [5.41, 5.74) is 2.68. The molecule has 0 aliphatic rings. The number of rotatable bonds is 4. The molecule has 2 aromatic carbocycles. The Hall–Kier alpha value is -2.66. The molecule has 24 heavy (non-hydrogen) atoms. The molecule has 0 bridgehead atoms. The Morgan fingerprint density at radius 1 is 1.04 bits per heavy atom. The van der Waals surface area contributed by atoms with Crippen molar-refractivity contribution in [2.45, 2.75) is 13.0 Å². The van der Waals surface area contributed by atoms with Crippen molar-refractivity contribution in [3.63, 3.8) is 0 Å². The number of aryl methyl sites for hydroxylation is 1. The van der Waals surface area contributed by atoms with Crippen molar-refractivity contribution in [1.29, 1.82) is 0 Å². The highest BCUT2D eigenvalue weighted by molar-refractivity contribution is 7.10. The number of carbonyl (C=O) groups excluding carboxylic acids is 1. The summed E-state index contributed by atoms with van der Waals surface area (Å²) in [6.45, 7) is 1.99. The number of hydrogen-bond acceptors (Lipinski definition) is 2. The van der Waals surface area contributed by atoms with E-state index in [1.165, 1.54) is 12.1 Å². The van der Waals surface area contributed by atoms with E-state index in [-0.39, 0.29) is 17.9 Å². The van der Waals surface area contributed by atoms with Gasteiger partial charge in [0.15, 0.2) is 0 Å². The highest BCUT2D eigenvalue weighted by Gasteiger charge is 2.18. The SMILES string of the molecule is Cc1ccc(NC(=O)N[C@H](c2ccc(F)cc2)c2cccs2)cc1. The van der Waals surface area contributed by atoms with Crippen LogP contribution in [-0.4, -0.2) is 6.03 Å². The second kappa shape index (κ2) is 7.27. The molecule has 0 unspecified atom stereocenters. The van der Waals surface area contributed by atoms with E-state index in [0.29, 0.717) is 0 Å². The Balaban J connectivity index is 1.77. The van der Waals surface area contributed by atoms with E-state index >= 15 is 0 Å². The number of carbonyl (C=O) groups is 1. The van der Waals surface area contributed by atoms with Gasteiger partial charge in [-0.05, 0) is 48.2 Å². The summed E-state index contributed by atoms with van der Waals surface area (Å²) < 4.78 is 13.2. The number of hydrogen-bond donors (Lipinski definition) is 2. The fourth-order valence-electron chi connectivity index (χ4n) is 2.36. The molecule has 3 nitrogen and oxygen atoms in total. The molecule has 0 aliphatic carbocycles. The zero-order valence-corrected chi connectivity index (χ0v) is 13.9. The van der Waals surface area contributed by atoms with Crippen molar-refractivity contribution >= 4 is 23.1 Å². The predicted molar refractivity (Wildman–Crippen MR) is 95.9 cm³/mol. The molecular formula is C19H17FN2OS. The fourth-order valence-corrected chi connectivity index (χ4v) is 3.17. The van der Waals surface area contributed by atoms with Gasteiger partial charge in [0, 0.05) is 10.6 Å². The van der Waals surface area contributed by atoms with E-state index in [9.17, 15) is 9.18 Å². The third kappa shape index (κ3) is 4.00. The maximum atomic E-state index is 13.2. The highest BCUT2D eigenvalue weighted by atomic mass is 32.1. The van der Waals surface area contributed by atoms with Gasteiger partial charge in [-0.1, -0.05) is 35.9 Å². The van der Waals surface area contributed by atoms with Gasteiger partial charge >= 0.3 is 6.03 Å². The summed E-state index contributed by atoms with van der Waals surface area (Å²) in [7, 11) is 0. The van der Waals surface area contributed by atoms with Crippen LogP contribution < -0.4 is 10.6 Å². The largest absolute Gasteiger partial charge is 0.326 e. The maximum Gasteiger partial charge on any atom is 0.320 e. The van der Waals surface area contributed by atoms with Gasteiger partial charge in [-0.2, -0.15) is 0 Å². The van der Waals surface area contributed by atoms with Crippen LogP contribution in [0.15, 0.2) is 66.0 Å². The Kier molecular flexibility index (Phi) is 4.91. The van der Waals surface area contributed by atoms with E-state index < -0.39 is 0 Å². The van der Waals surface area contributed by atoms with Crippen LogP contribution in [0.1, 0.15) is 22.0 Å². The van der Waals surface area contributed by atoms with Gasteiger partial charge in [0.2, 0.25) is 0 Å². The lowest BCUT2D eigenvalue weighted by molar-refractivity contribution is 0.250. The summed E-state index contributed by atoms with van der Waals surface area (Å²) in [4.78, 5) is 13.3. The fraction of sp³-hybridized carbons (Fsp3) is 0.105. The third-order valence-electron chi connectivity index (χ3n) is 3.62. The Bertz CT molecular complexity index is 798. The predicted octanol–water partition coefficient (Wildman–Crippen LogP) is 5.11. The lowest BCUT2D eigenvalue weighted by atomic mass is 10.1. The second-order valence-electron chi connectivity index (χ2n) is 5.46. The van der Waals surface area contributed by atoms with Gasteiger partial charge in [-0.15, -0.1) is 11.3 Å². The Morgan fingerprint density at radius 2 is 1.75 bits per heavy atom. The molecule has 5 heteroatoms. The zero-order valence-electron chi connectivity index (χ0n) is 13.1. The third-order valence-corrected chi connectivity index (χ3v) is 4.55. The monoisotopic (exact) mass is 340 g/mol. The molecule has 1 heterocycles. The smallest absolute Gasteiger partial charge is 0.320 e. The minimum Gasteiger partial charge on any atom is -0.326 e. The lowest BCUT2D eigenvalue weighted by Crippen LogP contribution is -2.32. The van der Waals surface area contributed by atoms with Crippen molar-refractivity contribution < 1.29 is 9.18 Å². The van der Waals surface area contributed by atoms with Crippen LogP contribution >= 0.6 is 11.3 Å². The Labute approximate surface area is 144 Å². The normalized spacial score (nSPS) is 11.8. The number of benzene rings is 2. The standard InChI is InChI=1S/C19H17FN2OS/c1-13-4-10-16(11-5-13)21-19(23)22-18(17-3-2-12-24-17)14-6-8-15(20)9-7-14/h2-12,18H,1H3,(H2,21,22,23)/t18-/m1/s1. The van der Waals surface area contributed by atoms with Crippen LogP contribution in [0.3, 0.4) is 0 Å². The molecule has 1 aromatic heterocycles. The van der Waals surface area contributed by atoms with E-state index in [4.69, 9.17) is 0 Å². The molecule has 0 saturated heterocycles. The van der Waals surface area contributed by atoms with E-state index in [1.807, 2.05) is 48.7 Å². The van der Waals surface area contributed by atoms with Gasteiger partial charge in [0.05, 0.1) is 6.04 Å². The molecule has 0 saturated carbocycles. The molecule has 0 radical (unpaired) electrons. The lowest BCUT2D eigenvalue weighted by Gasteiger charge is -2.18. The molecular weight excluding hydrogens is 323 g/mol. The van der Waals surface area contributed by atoms with E-state index in [1.54, 1.807) is 23.5 Å². The minimum absolute atomic E-state index is 0.298. The number of amides is 2. The van der Waals surface area contributed by atoms with Gasteiger partial charge in [-0.25, -0.2) is 9.18 Å². The first-order chi connectivity index (χ1) is 11.6. The Morgan fingerprint density at radius 3 is 2.38 bits per heavy atom. The van der Waals surface area contributed by atoms with Crippen molar-refractivity contribution in [3.8, 4) is 0 Å². The summed E-state index contributed by atoms with van der Waals surface area (Å²) in [6, 6.07) is 17.0. The van der Waals surface area contributed by atoms with Crippen LogP contribution in [0.5, 0.6) is 0 Å². The molecule has 3 aromatic rings. The van der Waals surface area contributed by atoms with Crippen molar-refractivity contribution in [2.24, 2.45) is 0 Å². The first-order valence-electron chi connectivity index (χ1n) is 7.55. The molecule has 1 atom stereocenters. The summed E-state index contributed by atoms with van der Waals surface area (Å²) in [5, 5.41) is 7.73. The molecule has 2 N–H and O–H groups in total. The van der Waals surface area contributed by atoms with Crippen LogP contribution in [0, 0.1) is 12.7 Å². The van der Waals surface area contributed by atoms with Gasteiger partial charge in [0.1, 0.15) is 5.82 Å². The summed E-state index contributed by atoms with van der Waals surface area (Å²) in [6.07, 6.45) is 0. The maximum absolute atomic E-state index is 13.2.